The Morgan fingerprint density at radius 1 is 1.23 bits per heavy atom. The number of aryl methyl sites for hydroxylation is 2. The van der Waals surface area contributed by atoms with Gasteiger partial charge >= 0.3 is 0 Å². The number of fused-ring (bicyclic) bond motifs is 1. The molecule has 30 heavy (non-hydrogen) atoms. The Balaban J connectivity index is 0.000000806. The summed E-state index contributed by atoms with van der Waals surface area (Å²) in [5, 5.41) is 10.9. The predicted molar refractivity (Wildman–Crippen MR) is 114 cm³/mol. The maximum atomic E-state index is 12.6. The van der Waals surface area contributed by atoms with Gasteiger partial charge in [0, 0.05) is 10.4 Å². The fourth-order valence-corrected chi connectivity index (χ4v) is 4.38. The number of hydrogen-bond donors (Lipinski definition) is 3. The van der Waals surface area contributed by atoms with Crippen LogP contribution in [0, 0.1) is 0 Å². The molecule has 0 aliphatic heterocycles. The molecule has 4 rings (SSSR count). The van der Waals surface area contributed by atoms with E-state index in [0.717, 1.165) is 23.4 Å². The van der Waals surface area contributed by atoms with E-state index in [0.29, 0.717) is 11.3 Å². The molecule has 0 saturated carbocycles. The van der Waals surface area contributed by atoms with E-state index in [2.05, 4.69) is 15.3 Å². The standard InChI is InChI=1S/C20H20N4O2S.CH2O2/c1-12(20-24-15-4-2-3-5-17(15)27-20)22-19(26)14-8-6-13(7-9-14)16-10-21-11-18(25)23-16;2-1-3/h6-12H,2-5H2,1H3,(H,22,26)(H,23,25);1H,(H,2,3). The molecule has 0 saturated heterocycles. The van der Waals surface area contributed by atoms with Crippen molar-refractivity contribution < 1.29 is 14.7 Å². The first kappa shape index (κ1) is 21.4. The number of carbonyl (C=O) groups excluding carboxylic acids is 1. The average molecular weight is 426 g/mol. The molecule has 1 unspecified atom stereocenters. The molecule has 8 nitrogen and oxygen atoms in total. The summed E-state index contributed by atoms with van der Waals surface area (Å²) in [7, 11) is 0. The summed E-state index contributed by atoms with van der Waals surface area (Å²) in [6.07, 6.45) is 7.39. The zero-order valence-electron chi connectivity index (χ0n) is 16.4. The molecule has 156 valence electrons. The molecule has 0 fully saturated rings. The quantitative estimate of drug-likeness (QED) is 0.551. The number of rotatable bonds is 4. The normalized spacial score (nSPS) is 13.4. The maximum Gasteiger partial charge on any atom is 0.290 e. The van der Waals surface area contributed by atoms with Crippen molar-refractivity contribution in [2.24, 2.45) is 0 Å². The third-order valence-electron chi connectivity index (χ3n) is 4.69. The summed E-state index contributed by atoms with van der Waals surface area (Å²) in [6, 6.07) is 6.97. The van der Waals surface area contributed by atoms with Crippen molar-refractivity contribution in [3.63, 3.8) is 0 Å². The number of H-pyrrole nitrogens is 1. The van der Waals surface area contributed by atoms with Gasteiger partial charge in [-0.1, -0.05) is 12.1 Å². The highest BCUT2D eigenvalue weighted by Crippen LogP contribution is 2.29. The Kier molecular flexibility index (Phi) is 7.08. The highest BCUT2D eigenvalue weighted by atomic mass is 32.1. The molecule has 1 aliphatic rings. The van der Waals surface area contributed by atoms with Crippen LogP contribution in [-0.4, -0.2) is 32.4 Å². The van der Waals surface area contributed by atoms with Crippen molar-refractivity contribution in [3.8, 4) is 11.3 Å². The van der Waals surface area contributed by atoms with Gasteiger partial charge in [-0.15, -0.1) is 11.3 Å². The molecule has 1 amide bonds. The van der Waals surface area contributed by atoms with Gasteiger partial charge in [-0.25, -0.2) is 4.98 Å². The van der Waals surface area contributed by atoms with E-state index < -0.39 is 0 Å². The second-order valence-electron chi connectivity index (χ2n) is 6.82. The minimum Gasteiger partial charge on any atom is -0.483 e. The second-order valence-corrected chi connectivity index (χ2v) is 7.93. The number of carbonyl (C=O) groups is 2. The van der Waals surface area contributed by atoms with E-state index in [9.17, 15) is 9.59 Å². The van der Waals surface area contributed by atoms with Gasteiger partial charge in [-0.05, 0) is 50.3 Å². The van der Waals surface area contributed by atoms with E-state index >= 15 is 0 Å². The largest absolute Gasteiger partial charge is 0.483 e. The number of hydrogen-bond acceptors (Lipinski definition) is 6. The number of thiazole rings is 1. The summed E-state index contributed by atoms with van der Waals surface area (Å²) in [5.41, 5.74) is 2.94. The topological polar surface area (TPSA) is 125 Å². The molecular formula is C21H22N4O4S. The number of amides is 1. The summed E-state index contributed by atoms with van der Waals surface area (Å²) < 4.78 is 0. The van der Waals surface area contributed by atoms with E-state index in [1.807, 2.05) is 6.92 Å². The summed E-state index contributed by atoms with van der Waals surface area (Å²) in [5.74, 6) is -0.137. The Labute approximate surface area is 177 Å². The monoisotopic (exact) mass is 426 g/mol. The van der Waals surface area contributed by atoms with Crippen LogP contribution < -0.4 is 10.9 Å². The van der Waals surface area contributed by atoms with Crippen LogP contribution in [0.5, 0.6) is 0 Å². The fourth-order valence-electron chi connectivity index (χ4n) is 3.22. The Morgan fingerprint density at radius 2 is 1.93 bits per heavy atom. The van der Waals surface area contributed by atoms with E-state index in [1.54, 1.807) is 41.8 Å². The zero-order valence-corrected chi connectivity index (χ0v) is 17.2. The molecule has 9 heteroatoms. The number of aromatic nitrogens is 3. The highest BCUT2D eigenvalue weighted by Gasteiger charge is 2.20. The van der Waals surface area contributed by atoms with Crippen molar-refractivity contribution in [1.29, 1.82) is 0 Å². The SMILES string of the molecule is CC(NC(=O)c1ccc(-c2cncc(=O)[nH]2)cc1)c1nc2c(s1)CCCC2.O=CO. The molecule has 1 atom stereocenters. The minimum atomic E-state index is -0.255. The van der Waals surface area contributed by atoms with Crippen molar-refractivity contribution in [2.45, 2.75) is 38.6 Å². The molecule has 0 spiro atoms. The molecule has 3 N–H and O–H groups in total. The first-order chi connectivity index (χ1) is 14.5. The lowest BCUT2D eigenvalue weighted by Crippen LogP contribution is -2.26. The van der Waals surface area contributed by atoms with Crippen LogP contribution in [0.15, 0.2) is 41.5 Å². The number of nitrogens with one attached hydrogen (secondary N) is 2. The Hall–Kier alpha value is -3.33. The first-order valence-corrected chi connectivity index (χ1v) is 10.4. The van der Waals surface area contributed by atoms with E-state index in [1.165, 1.54) is 29.6 Å². The summed E-state index contributed by atoms with van der Waals surface area (Å²) in [4.78, 5) is 45.0. The number of aromatic amines is 1. The maximum absolute atomic E-state index is 12.6. The molecule has 2 aromatic heterocycles. The molecule has 1 aromatic carbocycles. The van der Waals surface area contributed by atoms with Gasteiger partial charge in [0.15, 0.2) is 0 Å². The van der Waals surface area contributed by atoms with Crippen LogP contribution in [0.2, 0.25) is 0 Å². The zero-order chi connectivity index (χ0) is 21.5. The molecule has 3 aromatic rings. The van der Waals surface area contributed by atoms with Gasteiger partial charge in [-0.3, -0.25) is 19.4 Å². The van der Waals surface area contributed by atoms with E-state index in [-0.39, 0.29) is 24.0 Å². The number of nitrogens with zero attached hydrogens (tertiary/aromatic N) is 2. The van der Waals surface area contributed by atoms with Crippen LogP contribution in [0.1, 0.15) is 51.7 Å². The molecule has 1 aliphatic carbocycles. The summed E-state index contributed by atoms with van der Waals surface area (Å²) >= 11 is 1.72. The van der Waals surface area contributed by atoms with E-state index in [4.69, 9.17) is 14.9 Å². The van der Waals surface area contributed by atoms with Crippen molar-refractivity contribution >= 4 is 23.7 Å². The van der Waals surface area contributed by atoms with Gasteiger partial charge in [0.2, 0.25) is 0 Å². The summed E-state index contributed by atoms with van der Waals surface area (Å²) in [6.45, 7) is 1.72. The van der Waals surface area contributed by atoms with Crippen LogP contribution >= 0.6 is 11.3 Å². The van der Waals surface area contributed by atoms with Gasteiger partial charge in [0.05, 0.1) is 29.8 Å². The molecular weight excluding hydrogens is 404 g/mol. The molecule has 2 heterocycles. The van der Waals surface area contributed by atoms with Gasteiger partial charge < -0.3 is 15.4 Å². The number of benzene rings is 1. The molecule has 0 bridgehead atoms. The average Bonchev–Trinajstić information content (AvgIpc) is 3.19. The smallest absolute Gasteiger partial charge is 0.290 e. The van der Waals surface area contributed by atoms with Crippen LogP contribution in [0.4, 0.5) is 0 Å². The highest BCUT2D eigenvalue weighted by molar-refractivity contribution is 7.11. The lowest BCUT2D eigenvalue weighted by Gasteiger charge is -2.11. The van der Waals surface area contributed by atoms with Gasteiger partial charge in [0.1, 0.15) is 5.01 Å². The van der Waals surface area contributed by atoms with Crippen molar-refractivity contribution in [2.75, 3.05) is 0 Å². The lowest BCUT2D eigenvalue weighted by molar-refractivity contribution is -0.122. The van der Waals surface area contributed by atoms with Crippen LogP contribution in [0.3, 0.4) is 0 Å². The van der Waals surface area contributed by atoms with Gasteiger partial charge in [0.25, 0.3) is 17.9 Å². The predicted octanol–water partition coefficient (Wildman–Crippen LogP) is 2.96. The van der Waals surface area contributed by atoms with Crippen LogP contribution in [0.25, 0.3) is 11.3 Å². The molecule has 0 radical (unpaired) electrons. The third kappa shape index (κ3) is 5.18. The Bertz CT molecular complexity index is 1050. The van der Waals surface area contributed by atoms with Crippen LogP contribution in [-0.2, 0) is 17.6 Å². The third-order valence-corrected chi connectivity index (χ3v) is 6.03. The van der Waals surface area contributed by atoms with Crippen molar-refractivity contribution in [1.82, 2.24) is 20.3 Å². The lowest BCUT2D eigenvalue weighted by atomic mass is 10.0. The van der Waals surface area contributed by atoms with Crippen molar-refractivity contribution in [3.05, 3.63) is 68.2 Å². The first-order valence-electron chi connectivity index (χ1n) is 9.53. The second kappa shape index (κ2) is 9.93. The fraction of sp³-hybridized carbons (Fsp3) is 0.286. The minimum absolute atomic E-state index is 0.123. The Morgan fingerprint density at radius 3 is 2.60 bits per heavy atom. The van der Waals surface area contributed by atoms with Gasteiger partial charge in [-0.2, -0.15) is 0 Å². The number of carboxylic acid groups (broad SMARTS) is 1.